The summed E-state index contributed by atoms with van der Waals surface area (Å²) in [7, 11) is 3.64. The lowest BCUT2D eigenvalue weighted by molar-refractivity contribution is 0.414. The van der Waals surface area contributed by atoms with Crippen LogP contribution in [0.5, 0.6) is 5.75 Å². The van der Waals surface area contributed by atoms with Crippen LogP contribution in [0.15, 0.2) is 46.9 Å². The van der Waals surface area contributed by atoms with Crippen LogP contribution in [-0.4, -0.2) is 20.0 Å². The van der Waals surface area contributed by atoms with E-state index in [4.69, 9.17) is 15.9 Å². The fourth-order valence-corrected chi connectivity index (χ4v) is 2.51. The summed E-state index contributed by atoms with van der Waals surface area (Å²) in [5.74, 6) is 0.905. The van der Waals surface area contributed by atoms with Gasteiger partial charge in [0.1, 0.15) is 11.6 Å². The molecule has 2 aromatic rings. The number of methoxy groups -OCH3 is 1. The van der Waals surface area contributed by atoms with Gasteiger partial charge in [-0.15, -0.1) is 0 Å². The predicted octanol–water partition coefficient (Wildman–Crippen LogP) is 3.38. The lowest BCUT2D eigenvalue weighted by Gasteiger charge is -2.22. The highest BCUT2D eigenvalue weighted by atomic mass is 79.9. The van der Waals surface area contributed by atoms with Crippen LogP contribution in [0.3, 0.4) is 0 Å². The molecule has 2 aromatic carbocycles. The van der Waals surface area contributed by atoms with Gasteiger partial charge in [0.15, 0.2) is 0 Å². The van der Waals surface area contributed by atoms with E-state index in [1.54, 1.807) is 7.11 Å². The minimum Gasteiger partial charge on any atom is -0.497 e. The van der Waals surface area contributed by atoms with Crippen LogP contribution >= 0.6 is 15.9 Å². The van der Waals surface area contributed by atoms with Crippen molar-refractivity contribution in [1.29, 1.82) is 5.41 Å². The van der Waals surface area contributed by atoms with Gasteiger partial charge in [-0.05, 0) is 35.9 Å². The van der Waals surface area contributed by atoms with Crippen LogP contribution in [0.1, 0.15) is 11.1 Å². The molecule has 0 unspecified atom stereocenters. The quantitative estimate of drug-likeness (QED) is 0.643. The Morgan fingerprint density at radius 3 is 2.48 bits per heavy atom. The van der Waals surface area contributed by atoms with Crippen LogP contribution in [0.2, 0.25) is 0 Å². The Morgan fingerprint density at radius 1 is 1.24 bits per heavy atom. The Morgan fingerprint density at radius 2 is 1.90 bits per heavy atom. The van der Waals surface area contributed by atoms with Gasteiger partial charge >= 0.3 is 0 Å². The Kier molecular flexibility index (Phi) is 4.85. The van der Waals surface area contributed by atoms with Gasteiger partial charge in [0.25, 0.3) is 0 Å². The fraction of sp³-hybridized carbons (Fsp3) is 0.188. The first-order chi connectivity index (χ1) is 10.0. The van der Waals surface area contributed by atoms with Crippen molar-refractivity contribution < 1.29 is 4.74 Å². The molecule has 0 amide bonds. The normalized spacial score (nSPS) is 10.2. The summed E-state index contributed by atoms with van der Waals surface area (Å²) in [6.45, 7) is 0.728. The molecule has 4 nitrogen and oxygen atoms in total. The standard InChI is InChI=1S/C16H18BrN3O/c1-20(10-11-3-6-13(21-2)7-4-11)15-8-5-12(17)9-14(15)16(18)19/h3-9H,10H2,1-2H3,(H3,18,19). The zero-order chi connectivity index (χ0) is 15.4. The Labute approximate surface area is 133 Å². The van der Waals surface area contributed by atoms with Crippen LogP contribution in [0, 0.1) is 5.41 Å². The number of halogens is 1. The molecule has 0 aliphatic carbocycles. The molecule has 0 atom stereocenters. The number of benzene rings is 2. The van der Waals surface area contributed by atoms with Crippen LogP contribution in [-0.2, 0) is 6.54 Å². The molecule has 110 valence electrons. The molecule has 0 spiro atoms. The molecule has 2 rings (SSSR count). The van der Waals surface area contributed by atoms with Gasteiger partial charge in [-0.25, -0.2) is 0 Å². The fourth-order valence-electron chi connectivity index (χ4n) is 2.15. The molecule has 0 radical (unpaired) electrons. The van der Waals surface area contributed by atoms with Crippen LogP contribution in [0.4, 0.5) is 5.69 Å². The maximum Gasteiger partial charge on any atom is 0.124 e. The lowest BCUT2D eigenvalue weighted by Crippen LogP contribution is -2.22. The van der Waals surface area contributed by atoms with Crippen molar-refractivity contribution in [3.63, 3.8) is 0 Å². The highest BCUT2D eigenvalue weighted by Gasteiger charge is 2.11. The highest BCUT2D eigenvalue weighted by molar-refractivity contribution is 9.10. The molecule has 0 saturated heterocycles. The maximum absolute atomic E-state index is 7.71. The van der Waals surface area contributed by atoms with Crippen molar-refractivity contribution in [2.24, 2.45) is 5.73 Å². The molecular weight excluding hydrogens is 330 g/mol. The first-order valence-corrected chi connectivity index (χ1v) is 7.28. The molecule has 0 saturated carbocycles. The zero-order valence-electron chi connectivity index (χ0n) is 12.1. The smallest absolute Gasteiger partial charge is 0.124 e. The summed E-state index contributed by atoms with van der Waals surface area (Å²) < 4.78 is 6.07. The van der Waals surface area contributed by atoms with Gasteiger partial charge in [0.05, 0.1) is 7.11 Å². The molecule has 5 heteroatoms. The van der Waals surface area contributed by atoms with E-state index in [-0.39, 0.29) is 5.84 Å². The van der Waals surface area contributed by atoms with Gasteiger partial charge < -0.3 is 15.4 Å². The van der Waals surface area contributed by atoms with E-state index in [1.165, 1.54) is 0 Å². The number of rotatable bonds is 5. The van der Waals surface area contributed by atoms with E-state index < -0.39 is 0 Å². The predicted molar refractivity (Wildman–Crippen MR) is 90.3 cm³/mol. The van der Waals surface area contributed by atoms with Crippen molar-refractivity contribution in [2.75, 3.05) is 19.1 Å². The lowest BCUT2D eigenvalue weighted by atomic mass is 10.1. The van der Waals surface area contributed by atoms with Crippen LogP contribution in [0.25, 0.3) is 0 Å². The van der Waals surface area contributed by atoms with E-state index in [0.29, 0.717) is 0 Å². The van der Waals surface area contributed by atoms with E-state index >= 15 is 0 Å². The molecule has 0 aliphatic rings. The molecule has 0 bridgehead atoms. The number of nitrogens with zero attached hydrogens (tertiary/aromatic N) is 1. The molecule has 3 N–H and O–H groups in total. The first kappa shape index (κ1) is 15.4. The number of hydrogen-bond acceptors (Lipinski definition) is 3. The SMILES string of the molecule is COc1ccc(CN(C)c2ccc(Br)cc2C(=N)N)cc1. The van der Waals surface area contributed by atoms with Crippen LogP contribution < -0.4 is 15.4 Å². The van der Waals surface area contributed by atoms with Crippen molar-refractivity contribution in [3.05, 3.63) is 58.1 Å². The van der Waals surface area contributed by atoms with E-state index in [0.717, 1.165) is 33.6 Å². The average Bonchev–Trinajstić information content (AvgIpc) is 2.47. The van der Waals surface area contributed by atoms with E-state index in [9.17, 15) is 0 Å². The Bertz CT molecular complexity index is 640. The Hall–Kier alpha value is -2.01. The number of ether oxygens (including phenoxy) is 1. The average molecular weight is 348 g/mol. The molecule has 0 fully saturated rings. The number of nitrogens with one attached hydrogen (secondary N) is 1. The summed E-state index contributed by atoms with van der Waals surface area (Å²) in [5, 5.41) is 7.71. The van der Waals surface area contributed by atoms with Crippen molar-refractivity contribution >= 4 is 27.5 Å². The third kappa shape index (κ3) is 3.76. The van der Waals surface area contributed by atoms with Gasteiger partial charge in [0, 0.05) is 29.3 Å². The molecule has 0 heterocycles. The van der Waals surface area contributed by atoms with Gasteiger partial charge in [-0.1, -0.05) is 28.1 Å². The van der Waals surface area contributed by atoms with Gasteiger partial charge in [0.2, 0.25) is 0 Å². The summed E-state index contributed by atoms with van der Waals surface area (Å²) in [4.78, 5) is 2.07. The monoisotopic (exact) mass is 347 g/mol. The highest BCUT2D eigenvalue weighted by Crippen LogP contribution is 2.25. The van der Waals surface area contributed by atoms with Gasteiger partial charge in [-0.2, -0.15) is 0 Å². The maximum atomic E-state index is 7.71. The first-order valence-electron chi connectivity index (χ1n) is 6.49. The summed E-state index contributed by atoms with van der Waals surface area (Å²) >= 11 is 3.41. The molecule has 0 aliphatic heterocycles. The molecular formula is C16H18BrN3O. The zero-order valence-corrected chi connectivity index (χ0v) is 13.6. The second-order valence-electron chi connectivity index (χ2n) is 4.78. The number of nitrogen functional groups attached to an aromatic ring is 1. The molecule has 0 aromatic heterocycles. The van der Waals surface area contributed by atoms with Crippen molar-refractivity contribution in [1.82, 2.24) is 0 Å². The van der Waals surface area contributed by atoms with Gasteiger partial charge in [-0.3, -0.25) is 5.41 Å². The minimum absolute atomic E-state index is 0.0629. The Balaban J connectivity index is 2.23. The molecule has 21 heavy (non-hydrogen) atoms. The third-order valence-corrected chi connectivity index (χ3v) is 3.73. The topological polar surface area (TPSA) is 62.3 Å². The second kappa shape index (κ2) is 6.63. The second-order valence-corrected chi connectivity index (χ2v) is 5.69. The number of amidine groups is 1. The number of hydrogen-bond donors (Lipinski definition) is 2. The summed E-state index contributed by atoms with van der Waals surface area (Å²) in [5.41, 5.74) is 8.49. The van der Waals surface area contributed by atoms with E-state index in [2.05, 4.69) is 20.8 Å². The van der Waals surface area contributed by atoms with Crippen molar-refractivity contribution in [3.8, 4) is 5.75 Å². The number of nitrogens with two attached hydrogens (primary N) is 1. The summed E-state index contributed by atoms with van der Waals surface area (Å²) in [6.07, 6.45) is 0. The summed E-state index contributed by atoms with van der Waals surface area (Å²) in [6, 6.07) is 13.7. The minimum atomic E-state index is 0.0629. The number of anilines is 1. The van der Waals surface area contributed by atoms with Crippen molar-refractivity contribution in [2.45, 2.75) is 6.54 Å². The largest absolute Gasteiger partial charge is 0.497 e. The third-order valence-electron chi connectivity index (χ3n) is 3.24. The van der Waals surface area contributed by atoms with E-state index in [1.807, 2.05) is 49.5 Å².